The van der Waals surface area contributed by atoms with Crippen LogP contribution in [0.25, 0.3) is 0 Å². The van der Waals surface area contributed by atoms with Gasteiger partial charge >= 0.3 is 5.97 Å². The molecule has 9 heteroatoms. The van der Waals surface area contributed by atoms with E-state index in [2.05, 4.69) is 22.5 Å². The van der Waals surface area contributed by atoms with Crippen LogP contribution in [0.15, 0.2) is 12.7 Å². The lowest BCUT2D eigenvalue weighted by Crippen LogP contribution is -2.59. The number of halogens is 1. The van der Waals surface area contributed by atoms with Gasteiger partial charge in [-0.15, -0.1) is 6.58 Å². The summed E-state index contributed by atoms with van der Waals surface area (Å²) in [4.78, 5) is 43.6. The standard InChI is InChI=1S/C23H33BrN2O6/c1-3-10-25(14-8-6-5-7-9-14)21(29)19-23-13-15(24)18(32-23)16(22(30)31-4-2)17(23)20(28)26(19)11-12-27/h3,14-19,27H,1,4-13H2,2H3/t15?,16-,17+,18-,19-,23+/m0/s1. The number of hydrogen-bond acceptors (Lipinski definition) is 6. The topological polar surface area (TPSA) is 96.4 Å². The predicted octanol–water partition coefficient (Wildman–Crippen LogP) is 1.64. The van der Waals surface area contributed by atoms with E-state index in [4.69, 9.17) is 9.47 Å². The number of aliphatic hydroxyl groups excluding tert-OH is 1. The zero-order chi connectivity index (χ0) is 23.0. The Balaban J connectivity index is 1.73. The van der Waals surface area contributed by atoms with Gasteiger partial charge in [0.15, 0.2) is 0 Å². The largest absolute Gasteiger partial charge is 0.466 e. The van der Waals surface area contributed by atoms with Crippen molar-refractivity contribution in [3.05, 3.63) is 12.7 Å². The predicted molar refractivity (Wildman–Crippen MR) is 120 cm³/mol. The number of carbonyl (C=O) groups is 3. The van der Waals surface area contributed by atoms with E-state index in [1.807, 2.05) is 4.90 Å². The molecule has 3 saturated heterocycles. The fourth-order valence-electron chi connectivity index (χ4n) is 6.37. The Kier molecular flexibility index (Phi) is 6.98. The number of ether oxygens (including phenoxy) is 2. The number of rotatable bonds is 8. The van der Waals surface area contributed by atoms with Gasteiger partial charge in [0, 0.05) is 24.0 Å². The molecule has 0 aromatic rings. The van der Waals surface area contributed by atoms with E-state index in [1.165, 1.54) is 4.90 Å². The molecule has 1 saturated carbocycles. The van der Waals surface area contributed by atoms with Crippen LogP contribution < -0.4 is 0 Å². The Morgan fingerprint density at radius 1 is 1.38 bits per heavy atom. The van der Waals surface area contributed by atoms with Gasteiger partial charge in [-0.2, -0.15) is 0 Å². The van der Waals surface area contributed by atoms with Gasteiger partial charge in [-0.25, -0.2) is 0 Å². The van der Waals surface area contributed by atoms with Crippen LogP contribution in [0, 0.1) is 11.8 Å². The molecule has 0 radical (unpaired) electrons. The van der Waals surface area contributed by atoms with E-state index in [1.54, 1.807) is 13.0 Å². The van der Waals surface area contributed by atoms with Crippen LogP contribution in [-0.2, 0) is 23.9 Å². The van der Waals surface area contributed by atoms with Crippen LogP contribution >= 0.6 is 15.9 Å². The highest BCUT2D eigenvalue weighted by atomic mass is 79.9. The van der Waals surface area contributed by atoms with Gasteiger partial charge in [0.2, 0.25) is 11.8 Å². The summed E-state index contributed by atoms with van der Waals surface area (Å²) >= 11 is 3.63. The molecule has 1 spiro atoms. The Labute approximate surface area is 197 Å². The maximum atomic E-state index is 14.1. The number of likely N-dealkylation sites (tertiary alicyclic amines) is 1. The molecule has 0 aromatic heterocycles. The minimum Gasteiger partial charge on any atom is -0.466 e. The Bertz CT molecular complexity index is 772. The van der Waals surface area contributed by atoms with Crippen molar-refractivity contribution >= 4 is 33.7 Å². The maximum Gasteiger partial charge on any atom is 0.312 e. The van der Waals surface area contributed by atoms with E-state index in [-0.39, 0.29) is 42.4 Å². The van der Waals surface area contributed by atoms with E-state index in [0.717, 1.165) is 32.1 Å². The van der Waals surface area contributed by atoms with Crippen molar-refractivity contribution in [2.24, 2.45) is 11.8 Å². The van der Waals surface area contributed by atoms with Gasteiger partial charge in [-0.05, 0) is 26.2 Å². The number of β-amino-alcohol motifs (C(OH)–C–C–N with tert-alkyl or cyclic N) is 1. The van der Waals surface area contributed by atoms with Crippen LogP contribution in [0.3, 0.4) is 0 Å². The molecular formula is C23H33BrN2O6. The van der Waals surface area contributed by atoms with Crippen LogP contribution in [0.2, 0.25) is 0 Å². The SMILES string of the molecule is C=CCN(C(=O)[C@@H]1N(CCO)C(=O)[C@H]2[C@H](C(=O)OCC)[C@H]3O[C@@]12CC3Br)C1CCCCC1. The first-order valence-corrected chi connectivity index (χ1v) is 12.6. The summed E-state index contributed by atoms with van der Waals surface area (Å²) in [5, 5.41) is 9.70. The molecule has 4 rings (SSSR count). The highest BCUT2D eigenvalue weighted by Crippen LogP contribution is 2.60. The van der Waals surface area contributed by atoms with Gasteiger partial charge in [0.1, 0.15) is 11.6 Å². The highest BCUT2D eigenvalue weighted by Gasteiger charge is 2.77. The molecular weight excluding hydrogens is 480 g/mol. The highest BCUT2D eigenvalue weighted by molar-refractivity contribution is 9.09. The average molecular weight is 513 g/mol. The number of amides is 2. The molecule has 6 atom stereocenters. The molecule has 178 valence electrons. The molecule has 3 heterocycles. The number of aliphatic hydroxyl groups is 1. The lowest BCUT2D eigenvalue weighted by molar-refractivity contribution is -0.155. The third-order valence-electron chi connectivity index (χ3n) is 7.55. The Hall–Kier alpha value is -1.45. The second-order valence-corrected chi connectivity index (χ2v) is 10.4. The van der Waals surface area contributed by atoms with Crippen molar-refractivity contribution in [1.82, 2.24) is 9.80 Å². The third-order valence-corrected chi connectivity index (χ3v) is 8.39. The molecule has 2 amide bonds. The van der Waals surface area contributed by atoms with Gasteiger partial charge in [0.25, 0.3) is 0 Å². The summed E-state index contributed by atoms with van der Waals surface area (Å²) < 4.78 is 11.7. The lowest BCUT2D eigenvalue weighted by Gasteiger charge is -2.40. The molecule has 4 aliphatic rings. The molecule has 4 fully saturated rings. The third kappa shape index (κ3) is 3.60. The summed E-state index contributed by atoms with van der Waals surface area (Å²) in [6.07, 6.45) is 6.79. The van der Waals surface area contributed by atoms with E-state index < -0.39 is 35.6 Å². The Morgan fingerprint density at radius 2 is 2.09 bits per heavy atom. The molecule has 0 aromatic carbocycles. The van der Waals surface area contributed by atoms with Gasteiger partial charge < -0.3 is 24.4 Å². The van der Waals surface area contributed by atoms with Gasteiger partial charge in [-0.3, -0.25) is 14.4 Å². The Morgan fingerprint density at radius 3 is 2.72 bits per heavy atom. The number of esters is 1. The van der Waals surface area contributed by atoms with Crippen LogP contribution in [-0.4, -0.2) is 87.6 Å². The first kappa shape index (κ1) is 23.7. The van der Waals surface area contributed by atoms with Gasteiger partial charge in [0.05, 0.1) is 31.2 Å². The average Bonchev–Trinajstić information content (AvgIpc) is 3.36. The monoisotopic (exact) mass is 512 g/mol. The minimum absolute atomic E-state index is 0.0244. The number of carbonyl (C=O) groups excluding carboxylic acids is 3. The zero-order valence-corrected chi connectivity index (χ0v) is 20.2. The second-order valence-electron chi connectivity index (χ2n) is 9.24. The van der Waals surface area contributed by atoms with Crippen molar-refractivity contribution < 1.29 is 29.0 Å². The van der Waals surface area contributed by atoms with Crippen molar-refractivity contribution in [1.29, 1.82) is 0 Å². The summed E-state index contributed by atoms with van der Waals surface area (Å²) in [6, 6.07) is -0.784. The first-order chi connectivity index (χ1) is 15.4. The zero-order valence-electron chi connectivity index (χ0n) is 18.6. The lowest BCUT2D eigenvalue weighted by atomic mass is 9.70. The van der Waals surface area contributed by atoms with Crippen LogP contribution in [0.1, 0.15) is 45.4 Å². The molecule has 1 unspecified atom stereocenters. The molecule has 1 N–H and O–H groups in total. The molecule has 8 nitrogen and oxygen atoms in total. The van der Waals surface area contributed by atoms with Crippen molar-refractivity contribution in [2.75, 3.05) is 26.3 Å². The first-order valence-electron chi connectivity index (χ1n) is 11.7. The summed E-state index contributed by atoms with van der Waals surface area (Å²) in [7, 11) is 0. The number of fused-ring (bicyclic) bond motifs is 1. The minimum atomic E-state index is -1.10. The molecule has 1 aliphatic carbocycles. The number of hydrogen-bond donors (Lipinski definition) is 1. The van der Waals surface area contributed by atoms with E-state index in [9.17, 15) is 19.5 Å². The summed E-state index contributed by atoms with van der Waals surface area (Å²) in [6.45, 7) is 5.92. The molecule has 3 aliphatic heterocycles. The maximum absolute atomic E-state index is 14.1. The van der Waals surface area contributed by atoms with E-state index >= 15 is 0 Å². The van der Waals surface area contributed by atoms with E-state index in [0.29, 0.717) is 13.0 Å². The smallest absolute Gasteiger partial charge is 0.312 e. The summed E-state index contributed by atoms with van der Waals surface area (Å²) in [5.41, 5.74) is -1.10. The second kappa shape index (κ2) is 9.43. The number of nitrogens with zero attached hydrogens (tertiary/aromatic N) is 2. The van der Waals surface area contributed by atoms with Crippen LogP contribution in [0.5, 0.6) is 0 Å². The van der Waals surface area contributed by atoms with Gasteiger partial charge in [-0.1, -0.05) is 41.3 Å². The quantitative estimate of drug-likeness (QED) is 0.301. The molecule has 32 heavy (non-hydrogen) atoms. The fraction of sp³-hybridized carbons (Fsp3) is 0.783. The molecule has 2 bridgehead atoms. The van der Waals surface area contributed by atoms with Crippen molar-refractivity contribution in [2.45, 2.75) is 74.1 Å². The van der Waals surface area contributed by atoms with Crippen LogP contribution in [0.4, 0.5) is 0 Å². The van der Waals surface area contributed by atoms with Crippen molar-refractivity contribution in [3.63, 3.8) is 0 Å². The normalized spacial score (nSPS) is 36.3. The number of alkyl halides is 1. The summed E-state index contributed by atoms with van der Waals surface area (Å²) in [5.74, 6) is -2.49. The fourth-order valence-corrected chi connectivity index (χ4v) is 7.32. The van der Waals surface area contributed by atoms with Crippen molar-refractivity contribution in [3.8, 4) is 0 Å².